The van der Waals surface area contributed by atoms with Crippen molar-refractivity contribution in [3.05, 3.63) is 36.1 Å². The van der Waals surface area contributed by atoms with E-state index in [9.17, 15) is 4.39 Å². The molecule has 2 rings (SSSR count). The van der Waals surface area contributed by atoms with E-state index in [1.54, 1.807) is 13.3 Å². The largest absolute Gasteiger partial charge is 0.464 e. The van der Waals surface area contributed by atoms with Crippen molar-refractivity contribution in [1.29, 1.82) is 0 Å². The van der Waals surface area contributed by atoms with Crippen LogP contribution < -0.4 is 5.32 Å². The van der Waals surface area contributed by atoms with Crippen LogP contribution in [0.5, 0.6) is 0 Å². The van der Waals surface area contributed by atoms with E-state index in [0.717, 1.165) is 16.5 Å². The quantitative estimate of drug-likeness (QED) is 0.833. The molecule has 0 aliphatic carbocycles. The first-order valence-electron chi connectivity index (χ1n) is 5.03. The van der Waals surface area contributed by atoms with Crippen molar-refractivity contribution in [1.82, 2.24) is 5.32 Å². The number of hydrogen-bond acceptors (Lipinski definition) is 2. The van der Waals surface area contributed by atoms with Crippen LogP contribution in [-0.2, 0) is 6.42 Å². The molecule has 0 fully saturated rings. The van der Waals surface area contributed by atoms with Crippen LogP contribution in [0.3, 0.4) is 0 Å². The molecular formula is C12H14FNO. The van der Waals surface area contributed by atoms with Crippen molar-refractivity contribution >= 4 is 11.0 Å². The number of alkyl halides is 1. The number of likely N-dealkylation sites (N-methyl/N-ethyl adjacent to an activating group) is 1. The van der Waals surface area contributed by atoms with Gasteiger partial charge in [0.25, 0.3) is 0 Å². The van der Waals surface area contributed by atoms with Gasteiger partial charge < -0.3 is 9.73 Å². The summed E-state index contributed by atoms with van der Waals surface area (Å²) in [6.45, 7) is -0.354. The minimum atomic E-state index is -0.354. The Morgan fingerprint density at radius 2 is 2.27 bits per heavy atom. The fourth-order valence-electron chi connectivity index (χ4n) is 1.64. The average Bonchev–Trinajstić information content (AvgIpc) is 2.73. The minimum absolute atomic E-state index is 0.114. The summed E-state index contributed by atoms with van der Waals surface area (Å²) in [6.07, 6.45) is 2.35. The molecule has 1 aromatic heterocycles. The summed E-state index contributed by atoms with van der Waals surface area (Å²) < 4.78 is 17.8. The lowest BCUT2D eigenvalue weighted by Crippen LogP contribution is -2.29. The van der Waals surface area contributed by atoms with Crippen LogP contribution in [0.1, 0.15) is 5.56 Å². The second kappa shape index (κ2) is 4.45. The predicted molar refractivity (Wildman–Crippen MR) is 58.7 cm³/mol. The number of halogens is 1. The Hall–Kier alpha value is -1.35. The van der Waals surface area contributed by atoms with Gasteiger partial charge in [-0.2, -0.15) is 0 Å². The first-order valence-corrected chi connectivity index (χ1v) is 5.03. The monoisotopic (exact) mass is 207 g/mol. The fraction of sp³-hybridized carbons (Fsp3) is 0.333. The Morgan fingerprint density at radius 3 is 3.00 bits per heavy atom. The molecule has 1 aromatic carbocycles. The van der Waals surface area contributed by atoms with E-state index in [1.165, 1.54) is 0 Å². The summed E-state index contributed by atoms with van der Waals surface area (Å²) in [5, 5.41) is 4.02. The van der Waals surface area contributed by atoms with E-state index < -0.39 is 0 Å². The zero-order chi connectivity index (χ0) is 10.7. The summed E-state index contributed by atoms with van der Waals surface area (Å²) in [5.74, 6) is 0. The van der Waals surface area contributed by atoms with Crippen molar-refractivity contribution in [3.63, 3.8) is 0 Å². The molecule has 15 heavy (non-hydrogen) atoms. The van der Waals surface area contributed by atoms with Crippen molar-refractivity contribution in [2.45, 2.75) is 12.5 Å². The lowest BCUT2D eigenvalue weighted by molar-refractivity contribution is 0.389. The van der Waals surface area contributed by atoms with E-state index in [2.05, 4.69) is 5.32 Å². The number of rotatable bonds is 4. The Morgan fingerprint density at radius 1 is 1.40 bits per heavy atom. The van der Waals surface area contributed by atoms with Crippen molar-refractivity contribution in [2.75, 3.05) is 13.7 Å². The average molecular weight is 207 g/mol. The molecular weight excluding hydrogens is 193 g/mol. The van der Waals surface area contributed by atoms with Crippen LogP contribution in [0.2, 0.25) is 0 Å². The van der Waals surface area contributed by atoms with Gasteiger partial charge in [-0.15, -0.1) is 0 Å². The van der Waals surface area contributed by atoms with Gasteiger partial charge in [-0.05, 0) is 31.2 Å². The third-order valence-electron chi connectivity index (χ3n) is 2.60. The lowest BCUT2D eigenvalue weighted by atomic mass is 10.1. The molecule has 0 saturated carbocycles. The molecule has 0 spiro atoms. The van der Waals surface area contributed by atoms with Crippen LogP contribution in [0.4, 0.5) is 4.39 Å². The van der Waals surface area contributed by atoms with E-state index in [-0.39, 0.29) is 12.7 Å². The van der Waals surface area contributed by atoms with Gasteiger partial charge in [0.1, 0.15) is 12.3 Å². The highest BCUT2D eigenvalue weighted by atomic mass is 19.1. The van der Waals surface area contributed by atoms with E-state index in [4.69, 9.17) is 4.42 Å². The third-order valence-corrected chi connectivity index (χ3v) is 2.60. The molecule has 3 heteroatoms. The topological polar surface area (TPSA) is 25.2 Å². The van der Waals surface area contributed by atoms with Gasteiger partial charge in [0.15, 0.2) is 0 Å². The summed E-state index contributed by atoms with van der Waals surface area (Å²) in [5.41, 5.74) is 1.95. The minimum Gasteiger partial charge on any atom is -0.464 e. The molecule has 0 saturated heterocycles. The second-order valence-corrected chi connectivity index (χ2v) is 3.64. The molecule has 2 nitrogen and oxygen atoms in total. The summed E-state index contributed by atoms with van der Waals surface area (Å²) in [7, 11) is 1.77. The van der Waals surface area contributed by atoms with Crippen LogP contribution >= 0.6 is 0 Å². The van der Waals surface area contributed by atoms with Crippen molar-refractivity contribution < 1.29 is 8.81 Å². The lowest BCUT2D eigenvalue weighted by Gasteiger charge is -2.11. The Labute approximate surface area is 88.1 Å². The second-order valence-electron chi connectivity index (χ2n) is 3.64. The smallest absolute Gasteiger partial charge is 0.134 e. The number of fused-ring (bicyclic) bond motifs is 1. The van der Waals surface area contributed by atoms with E-state index >= 15 is 0 Å². The normalized spacial score (nSPS) is 13.2. The van der Waals surface area contributed by atoms with E-state index in [0.29, 0.717) is 6.42 Å². The van der Waals surface area contributed by atoms with Crippen LogP contribution in [0, 0.1) is 0 Å². The number of nitrogens with one attached hydrogen (secondary N) is 1. The fourth-order valence-corrected chi connectivity index (χ4v) is 1.64. The predicted octanol–water partition coefficient (Wildman–Crippen LogP) is 2.53. The molecule has 1 heterocycles. The molecule has 80 valence electrons. The number of benzene rings is 1. The van der Waals surface area contributed by atoms with Gasteiger partial charge in [0, 0.05) is 11.4 Å². The highest BCUT2D eigenvalue weighted by Gasteiger charge is 2.07. The summed E-state index contributed by atoms with van der Waals surface area (Å²) >= 11 is 0. The maximum Gasteiger partial charge on any atom is 0.134 e. The highest BCUT2D eigenvalue weighted by molar-refractivity contribution is 5.77. The zero-order valence-corrected chi connectivity index (χ0v) is 8.66. The molecule has 0 radical (unpaired) electrons. The van der Waals surface area contributed by atoms with Gasteiger partial charge in [0.05, 0.1) is 6.26 Å². The molecule has 0 unspecified atom stereocenters. The molecule has 0 aliphatic rings. The van der Waals surface area contributed by atoms with Crippen molar-refractivity contribution in [2.24, 2.45) is 0 Å². The van der Waals surface area contributed by atoms with Crippen molar-refractivity contribution in [3.8, 4) is 0 Å². The van der Waals surface area contributed by atoms with Gasteiger partial charge in [-0.1, -0.05) is 12.1 Å². The van der Waals surface area contributed by atoms with Gasteiger partial charge in [-0.25, -0.2) is 4.39 Å². The Balaban J connectivity index is 2.20. The Kier molecular flexibility index (Phi) is 3.02. The maximum absolute atomic E-state index is 12.5. The van der Waals surface area contributed by atoms with Gasteiger partial charge in [0.2, 0.25) is 0 Å². The van der Waals surface area contributed by atoms with E-state index in [1.807, 2.05) is 24.3 Å². The number of hydrogen-bond donors (Lipinski definition) is 1. The SMILES string of the molecule is CN[C@@H](CF)Cc1ccc2ccoc2c1. The van der Waals surface area contributed by atoms with Crippen LogP contribution in [0.25, 0.3) is 11.0 Å². The van der Waals surface area contributed by atoms with Crippen LogP contribution in [-0.4, -0.2) is 19.8 Å². The number of furan rings is 1. The molecule has 0 amide bonds. The molecule has 1 atom stereocenters. The molecule has 0 bridgehead atoms. The van der Waals surface area contributed by atoms with Gasteiger partial charge >= 0.3 is 0 Å². The zero-order valence-electron chi connectivity index (χ0n) is 8.66. The van der Waals surface area contributed by atoms with Gasteiger partial charge in [-0.3, -0.25) is 0 Å². The maximum atomic E-state index is 12.5. The third kappa shape index (κ3) is 2.18. The summed E-state index contributed by atoms with van der Waals surface area (Å²) in [6, 6.07) is 7.79. The Bertz CT molecular complexity index is 434. The standard InChI is InChI=1S/C12H14FNO/c1-14-11(8-13)6-9-2-3-10-4-5-15-12(10)7-9/h2-5,7,11,14H,6,8H2,1H3/t11-/m1/s1. The van der Waals surface area contributed by atoms with Crippen LogP contribution in [0.15, 0.2) is 34.9 Å². The summed E-state index contributed by atoms with van der Waals surface area (Å²) in [4.78, 5) is 0. The molecule has 0 aliphatic heterocycles. The highest BCUT2D eigenvalue weighted by Crippen LogP contribution is 2.17. The molecule has 2 aromatic rings. The first kappa shape index (κ1) is 10.2. The molecule has 1 N–H and O–H groups in total. The first-order chi connectivity index (χ1) is 7.33.